The molecular formula is C16H22N4O. The van der Waals surface area contributed by atoms with E-state index < -0.39 is 0 Å². The number of ether oxygens (including phenoxy) is 1. The number of anilines is 1. The molecule has 0 spiro atoms. The molecule has 0 saturated heterocycles. The maximum absolute atomic E-state index is 5.54. The highest BCUT2D eigenvalue weighted by molar-refractivity contribution is 5.74. The summed E-state index contributed by atoms with van der Waals surface area (Å²) in [7, 11) is 1.66. The Morgan fingerprint density at radius 1 is 1.33 bits per heavy atom. The summed E-state index contributed by atoms with van der Waals surface area (Å²) in [5, 5.41) is 3.36. The summed E-state index contributed by atoms with van der Waals surface area (Å²) in [5.41, 5.74) is 8.38. The molecule has 0 fully saturated rings. The summed E-state index contributed by atoms with van der Waals surface area (Å²) in [5.74, 6) is 1.65. The van der Waals surface area contributed by atoms with Gasteiger partial charge in [0.15, 0.2) is 0 Å². The minimum Gasteiger partial charge on any atom is -0.497 e. The zero-order chi connectivity index (χ0) is 15.1. The van der Waals surface area contributed by atoms with Crippen LogP contribution in [0.15, 0.2) is 30.5 Å². The third kappa shape index (κ3) is 3.92. The third-order valence-electron chi connectivity index (χ3n) is 3.19. The van der Waals surface area contributed by atoms with Crippen molar-refractivity contribution in [1.82, 2.24) is 9.97 Å². The number of nitrogens with one attached hydrogen (secondary N) is 1. The second-order valence-corrected chi connectivity index (χ2v) is 4.70. The molecule has 0 aliphatic carbocycles. The fourth-order valence-corrected chi connectivity index (χ4v) is 2.03. The Labute approximate surface area is 125 Å². The van der Waals surface area contributed by atoms with Crippen molar-refractivity contribution in [3.05, 3.63) is 36.3 Å². The molecule has 0 aliphatic heterocycles. The number of nitrogens with two attached hydrogens (primary N) is 1. The van der Waals surface area contributed by atoms with Crippen LogP contribution in [0.4, 0.5) is 5.69 Å². The van der Waals surface area contributed by atoms with Crippen molar-refractivity contribution in [2.75, 3.05) is 25.5 Å². The Kier molecular flexibility index (Phi) is 5.51. The number of hydrogen-bond donors (Lipinski definition) is 2. The van der Waals surface area contributed by atoms with Crippen LogP contribution in [-0.4, -0.2) is 30.2 Å². The van der Waals surface area contributed by atoms with Crippen LogP contribution in [0.3, 0.4) is 0 Å². The van der Waals surface area contributed by atoms with E-state index >= 15 is 0 Å². The maximum atomic E-state index is 5.54. The van der Waals surface area contributed by atoms with E-state index in [4.69, 9.17) is 10.5 Å². The molecule has 2 aromatic rings. The summed E-state index contributed by atoms with van der Waals surface area (Å²) < 4.78 is 5.29. The Morgan fingerprint density at radius 3 is 2.90 bits per heavy atom. The molecule has 5 nitrogen and oxygen atoms in total. The topological polar surface area (TPSA) is 73.1 Å². The van der Waals surface area contributed by atoms with Crippen molar-refractivity contribution in [1.29, 1.82) is 0 Å². The molecular weight excluding hydrogens is 264 g/mol. The van der Waals surface area contributed by atoms with Gasteiger partial charge in [-0.3, -0.25) is 0 Å². The van der Waals surface area contributed by atoms with Gasteiger partial charge in [0.05, 0.1) is 24.7 Å². The lowest BCUT2D eigenvalue weighted by Gasteiger charge is -2.12. The fraction of sp³-hybridized carbons (Fsp3) is 0.375. The number of aromatic nitrogens is 2. The van der Waals surface area contributed by atoms with E-state index in [1.54, 1.807) is 7.11 Å². The van der Waals surface area contributed by atoms with Crippen molar-refractivity contribution in [3.63, 3.8) is 0 Å². The number of benzene rings is 1. The molecule has 0 bridgehead atoms. The number of methoxy groups -OCH3 is 1. The van der Waals surface area contributed by atoms with Crippen LogP contribution in [0, 0.1) is 0 Å². The van der Waals surface area contributed by atoms with Gasteiger partial charge in [-0.2, -0.15) is 0 Å². The number of nitrogens with zero attached hydrogens (tertiary/aromatic N) is 2. The van der Waals surface area contributed by atoms with Gasteiger partial charge < -0.3 is 15.8 Å². The minimum atomic E-state index is 0.662. The predicted molar refractivity (Wildman–Crippen MR) is 85.6 cm³/mol. The molecule has 21 heavy (non-hydrogen) atoms. The van der Waals surface area contributed by atoms with Crippen molar-refractivity contribution in [2.24, 2.45) is 5.73 Å². The second-order valence-electron chi connectivity index (χ2n) is 4.70. The van der Waals surface area contributed by atoms with Crippen LogP contribution < -0.4 is 15.8 Å². The molecule has 0 saturated carbocycles. The molecule has 5 heteroatoms. The van der Waals surface area contributed by atoms with Crippen molar-refractivity contribution in [2.45, 2.75) is 19.8 Å². The van der Waals surface area contributed by atoms with E-state index in [1.165, 1.54) is 0 Å². The van der Waals surface area contributed by atoms with Crippen LogP contribution in [0.5, 0.6) is 5.75 Å². The number of hydrogen-bond acceptors (Lipinski definition) is 5. The zero-order valence-corrected chi connectivity index (χ0v) is 12.6. The van der Waals surface area contributed by atoms with E-state index in [1.807, 2.05) is 37.4 Å². The van der Waals surface area contributed by atoms with Crippen LogP contribution in [0.2, 0.25) is 0 Å². The molecule has 1 heterocycles. The molecule has 0 atom stereocenters. The average Bonchev–Trinajstić information content (AvgIpc) is 2.55. The highest BCUT2D eigenvalue weighted by atomic mass is 16.5. The standard InChI is InChI=1S/C16H22N4O/c1-3-15-19-11-14(18-9-5-8-17)16(20-15)12-6-4-7-13(10-12)21-2/h4,6-7,10-11,18H,3,5,8-9,17H2,1-2H3. The predicted octanol–water partition coefficient (Wildman–Crippen LogP) is 2.48. The lowest BCUT2D eigenvalue weighted by Crippen LogP contribution is -2.10. The summed E-state index contributed by atoms with van der Waals surface area (Å²) in [6, 6.07) is 7.90. The average molecular weight is 286 g/mol. The molecule has 3 N–H and O–H groups in total. The molecule has 112 valence electrons. The molecule has 1 aromatic carbocycles. The Bertz CT molecular complexity index is 586. The smallest absolute Gasteiger partial charge is 0.128 e. The molecule has 0 unspecified atom stereocenters. The largest absolute Gasteiger partial charge is 0.497 e. The SMILES string of the molecule is CCc1ncc(NCCCN)c(-c2cccc(OC)c2)n1. The van der Waals surface area contributed by atoms with Gasteiger partial charge in [-0.15, -0.1) is 0 Å². The van der Waals surface area contributed by atoms with Gasteiger partial charge in [-0.05, 0) is 25.1 Å². The van der Waals surface area contributed by atoms with Gasteiger partial charge in [0.1, 0.15) is 11.6 Å². The first-order valence-corrected chi connectivity index (χ1v) is 7.22. The molecule has 0 amide bonds. The third-order valence-corrected chi connectivity index (χ3v) is 3.19. The van der Waals surface area contributed by atoms with Crippen LogP contribution in [0.1, 0.15) is 19.2 Å². The summed E-state index contributed by atoms with van der Waals surface area (Å²) >= 11 is 0. The normalized spacial score (nSPS) is 10.4. The Morgan fingerprint density at radius 2 is 2.19 bits per heavy atom. The highest BCUT2D eigenvalue weighted by Crippen LogP contribution is 2.28. The molecule has 0 aliphatic rings. The number of aryl methyl sites for hydroxylation is 1. The summed E-state index contributed by atoms with van der Waals surface area (Å²) in [4.78, 5) is 9.02. The molecule has 1 aromatic heterocycles. The van der Waals surface area contributed by atoms with E-state index in [0.29, 0.717) is 6.54 Å². The van der Waals surface area contributed by atoms with Gasteiger partial charge in [0, 0.05) is 18.5 Å². The van der Waals surface area contributed by atoms with E-state index in [0.717, 1.165) is 47.9 Å². The molecule has 2 rings (SSSR count). The Balaban J connectivity index is 2.37. The van der Waals surface area contributed by atoms with Gasteiger partial charge in [-0.1, -0.05) is 19.1 Å². The summed E-state index contributed by atoms with van der Waals surface area (Å²) in [6.45, 7) is 3.52. The first-order valence-electron chi connectivity index (χ1n) is 7.22. The zero-order valence-electron chi connectivity index (χ0n) is 12.6. The van der Waals surface area contributed by atoms with Crippen LogP contribution in [0.25, 0.3) is 11.3 Å². The lowest BCUT2D eigenvalue weighted by atomic mass is 10.1. The second kappa shape index (κ2) is 7.59. The highest BCUT2D eigenvalue weighted by Gasteiger charge is 2.09. The van der Waals surface area contributed by atoms with Gasteiger partial charge in [-0.25, -0.2) is 9.97 Å². The van der Waals surface area contributed by atoms with Crippen LogP contribution in [-0.2, 0) is 6.42 Å². The maximum Gasteiger partial charge on any atom is 0.128 e. The van der Waals surface area contributed by atoms with Crippen molar-refractivity contribution < 1.29 is 4.74 Å². The quantitative estimate of drug-likeness (QED) is 0.765. The first kappa shape index (κ1) is 15.3. The monoisotopic (exact) mass is 286 g/mol. The number of rotatable bonds is 7. The summed E-state index contributed by atoms with van der Waals surface area (Å²) in [6.07, 6.45) is 3.56. The lowest BCUT2D eigenvalue weighted by molar-refractivity contribution is 0.415. The van der Waals surface area contributed by atoms with Gasteiger partial charge in [0.25, 0.3) is 0 Å². The van der Waals surface area contributed by atoms with Gasteiger partial charge in [0.2, 0.25) is 0 Å². The van der Waals surface area contributed by atoms with E-state index in [9.17, 15) is 0 Å². The van der Waals surface area contributed by atoms with Crippen LogP contribution >= 0.6 is 0 Å². The van der Waals surface area contributed by atoms with Crippen molar-refractivity contribution in [3.8, 4) is 17.0 Å². The van der Waals surface area contributed by atoms with E-state index in [-0.39, 0.29) is 0 Å². The Hall–Kier alpha value is -2.14. The minimum absolute atomic E-state index is 0.662. The molecule has 0 radical (unpaired) electrons. The first-order chi connectivity index (χ1) is 10.3. The fourth-order valence-electron chi connectivity index (χ4n) is 2.03. The van der Waals surface area contributed by atoms with Gasteiger partial charge >= 0.3 is 0 Å². The van der Waals surface area contributed by atoms with Crippen molar-refractivity contribution >= 4 is 5.69 Å². The van der Waals surface area contributed by atoms with E-state index in [2.05, 4.69) is 15.3 Å².